The number of sulfonamides is 1. The van der Waals surface area contributed by atoms with Crippen molar-refractivity contribution in [3.63, 3.8) is 0 Å². The smallest absolute Gasteiger partial charge is 0.350 e. The van der Waals surface area contributed by atoms with Gasteiger partial charge in [-0.2, -0.15) is 13.1 Å². The number of hydrogen-bond donors (Lipinski definition) is 2. The topological polar surface area (TPSA) is 92.5 Å². The van der Waals surface area contributed by atoms with Crippen molar-refractivity contribution in [1.82, 2.24) is 9.62 Å². The average molecular weight is 364 g/mol. The Bertz CT molecular complexity index is 441. The molecule has 1 atom stereocenters. The first-order valence-corrected chi connectivity index (χ1v) is 8.53. The third kappa shape index (κ3) is 6.72. The van der Waals surface area contributed by atoms with Crippen LogP contribution < -0.4 is 11.1 Å². The summed E-state index contributed by atoms with van der Waals surface area (Å²) >= 11 is 0. The average Bonchev–Trinajstić information content (AvgIpc) is 2.43. The van der Waals surface area contributed by atoms with Gasteiger partial charge in [0, 0.05) is 32.1 Å². The maximum absolute atomic E-state index is 12.4. The molecule has 22 heavy (non-hydrogen) atoms. The van der Waals surface area contributed by atoms with Crippen molar-refractivity contribution in [3.05, 3.63) is 0 Å². The van der Waals surface area contributed by atoms with Crippen LogP contribution in [0.1, 0.15) is 32.6 Å². The van der Waals surface area contributed by atoms with Crippen molar-refractivity contribution in [2.75, 3.05) is 19.6 Å². The third-order valence-corrected chi connectivity index (χ3v) is 5.11. The molecule has 0 radical (unpaired) electrons. The molecule has 0 aromatic heterocycles. The highest BCUT2D eigenvalue weighted by atomic mass is 35.5. The number of nitrogens with zero attached hydrogens (tertiary/aromatic N) is 1. The molecule has 6 nitrogen and oxygen atoms in total. The standard InChI is InChI=1S/C12H23F2N3O3S.ClH/c1-9(15)2-3-11(18)16-8-10-4-6-17(7-5-10)21(19,20)12(13)14;/h9-10,12H,2-8,15H2,1H3,(H,16,18);1H. The number of hydrogen-bond acceptors (Lipinski definition) is 4. The molecule has 132 valence electrons. The highest BCUT2D eigenvalue weighted by Gasteiger charge is 2.34. The van der Waals surface area contributed by atoms with E-state index in [0.29, 0.717) is 32.2 Å². The van der Waals surface area contributed by atoms with Crippen molar-refractivity contribution in [3.8, 4) is 0 Å². The lowest BCUT2D eigenvalue weighted by Crippen LogP contribution is -2.43. The van der Waals surface area contributed by atoms with E-state index >= 15 is 0 Å². The highest BCUT2D eigenvalue weighted by molar-refractivity contribution is 7.89. The molecule has 1 heterocycles. The molecule has 0 aromatic carbocycles. The number of carbonyl (C=O) groups is 1. The van der Waals surface area contributed by atoms with Crippen LogP contribution in [-0.2, 0) is 14.8 Å². The molecule has 1 saturated heterocycles. The molecule has 0 spiro atoms. The number of rotatable bonds is 7. The summed E-state index contributed by atoms with van der Waals surface area (Å²) < 4.78 is 48.2. The Hall–Kier alpha value is -0.510. The Morgan fingerprint density at radius 1 is 1.36 bits per heavy atom. The maximum atomic E-state index is 12.4. The van der Waals surface area contributed by atoms with Gasteiger partial charge in [-0.1, -0.05) is 0 Å². The van der Waals surface area contributed by atoms with Crippen LogP contribution in [0.3, 0.4) is 0 Å². The van der Waals surface area contributed by atoms with E-state index in [1.54, 1.807) is 0 Å². The minimum atomic E-state index is -4.47. The molecule has 0 bridgehead atoms. The van der Waals surface area contributed by atoms with E-state index in [9.17, 15) is 22.0 Å². The van der Waals surface area contributed by atoms with Crippen LogP contribution in [0.4, 0.5) is 8.78 Å². The molecule has 1 aliphatic heterocycles. The van der Waals surface area contributed by atoms with Crippen LogP contribution in [0.25, 0.3) is 0 Å². The van der Waals surface area contributed by atoms with E-state index in [0.717, 1.165) is 4.31 Å². The molecule has 0 saturated carbocycles. The zero-order valence-corrected chi connectivity index (χ0v) is 14.1. The second kappa shape index (κ2) is 9.59. The van der Waals surface area contributed by atoms with Gasteiger partial charge in [0.1, 0.15) is 0 Å². The fourth-order valence-electron chi connectivity index (χ4n) is 2.19. The summed E-state index contributed by atoms with van der Waals surface area (Å²) in [5.41, 5.74) is 5.56. The summed E-state index contributed by atoms with van der Waals surface area (Å²) in [6, 6.07) is -0.0291. The number of halogens is 3. The number of amides is 1. The van der Waals surface area contributed by atoms with E-state index in [1.807, 2.05) is 6.92 Å². The lowest BCUT2D eigenvalue weighted by atomic mass is 9.98. The fraction of sp³-hybridized carbons (Fsp3) is 0.917. The summed E-state index contributed by atoms with van der Waals surface area (Å²) in [5, 5.41) is 2.77. The van der Waals surface area contributed by atoms with Gasteiger partial charge in [-0.3, -0.25) is 4.79 Å². The van der Waals surface area contributed by atoms with E-state index in [2.05, 4.69) is 5.32 Å². The number of piperidine rings is 1. The molecule has 1 amide bonds. The predicted molar refractivity (Wildman–Crippen MR) is 82.4 cm³/mol. The van der Waals surface area contributed by atoms with Crippen LogP contribution in [0.5, 0.6) is 0 Å². The molecule has 0 aliphatic carbocycles. The Morgan fingerprint density at radius 2 is 1.91 bits per heavy atom. The number of nitrogens with two attached hydrogens (primary N) is 1. The second-order valence-corrected chi connectivity index (χ2v) is 7.37. The monoisotopic (exact) mass is 363 g/mol. The van der Waals surface area contributed by atoms with Crippen LogP contribution >= 0.6 is 12.4 Å². The molecule has 1 aliphatic rings. The molecular formula is C12H24ClF2N3O3S. The van der Waals surface area contributed by atoms with Gasteiger partial charge in [0.05, 0.1) is 0 Å². The largest absolute Gasteiger partial charge is 0.356 e. The highest BCUT2D eigenvalue weighted by Crippen LogP contribution is 2.22. The van der Waals surface area contributed by atoms with Crippen molar-refractivity contribution in [2.45, 2.75) is 44.4 Å². The van der Waals surface area contributed by atoms with E-state index in [4.69, 9.17) is 5.73 Å². The summed E-state index contributed by atoms with van der Waals surface area (Å²) in [7, 11) is -4.47. The molecule has 0 aromatic rings. The lowest BCUT2D eigenvalue weighted by Gasteiger charge is -2.30. The van der Waals surface area contributed by atoms with Gasteiger partial charge in [-0.05, 0) is 32.1 Å². The minimum Gasteiger partial charge on any atom is -0.356 e. The van der Waals surface area contributed by atoms with Crippen LogP contribution in [0, 0.1) is 5.92 Å². The minimum absolute atomic E-state index is 0. The van der Waals surface area contributed by atoms with E-state index in [-0.39, 0.29) is 43.4 Å². The molecule has 3 N–H and O–H groups in total. The van der Waals surface area contributed by atoms with Crippen molar-refractivity contribution in [2.24, 2.45) is 11.7 Å². The summed E-state index contributed by atoms with van der Waals surface area (Å²) in [5.74, 6) is -3.34. The number of nitrogens with one attached hydrogen (secondary N) is 1. The first-order valence-electron chi connectivity index (χ1n) is 7.03. The van der Waals surface area contributed by atoms with Gasteiger partial charge in [-0.25, -0.2) is 8.42 Å². The predicted octanol–water partition coefficient (Wildman–Crippen LogP) is 0.916. The van der Waals surface area contributed by atoms with Gasteiger partial charge >= 0.3 is 5.76 Å². The van der Waals surface area contributed by atoms with Gasteiger partial charge in [0.15, 0.2) is 0 Å². The zero-order valence-electron chi connectivity index (χ0n) is 12.5. The first-order chi connectivity index (χ1) is 9.73. The van der Waals surface area contributed by atoms with Gasteiger partial charge < -0.3 is 11.1 Å². The van der Waals surface area contributed by atoms with Crippen LogP contribution in [0.15, 0.2) is 0 Å². The van der Waals surface area contributed by atoms with E-state index < -0.39 is 15.8 Å². The van der Waals surface area contributed by atoms with Crippen molar-refractivity contribution >= 4 is 28.3 Å². The van der Waals surface area contributed by atoms with Crippen LogP contribution in [0.2, 0.25) is 0 Å². The molecule has 1 unspecified atom stereocenters. The fourth-order valence-corrected chi connectivity index (χ4v) is 3.13. The quantitative estimate of drug-likeness (QED) is 0.703. The lowest BCUT2D eigenvalue weighted by molar-refractivity contribution is -0.121. The summed E-state index contributed by atoms with van der Waals surface area (Å²) in [6.07, 6.45) is 1.91. The Labute approximate surface area is 136 Å². The summed E-state index contributed by atoms with van der Waals surface area (Å²) in [4.78, 5) is 11.5. The normalized spacial score (nSPS) is 18.8. The Balaban J connectivity index is 0.00000441. The molecule has 1 rings (SSSR count). The Morgan fingerprint density at radius 3 is 2.36 bits per heavy atom. The SMILES string of the molecule is CC(N)CCC(=O)NCC1CCN(S(=O)(=O)C(F)F)CC1.Cl. The van der Waals surface area contributed by atoms with Crippen LogP contribution in [-0.4, -0.2) is 50.1 Å². The van der Waals surface area contributed by atoms with E-state index in [1.165, 1.54) is 0 Å². The molecule has 1 fully saturated rings. The Kier molecular flexibility index (Phi) is 9.37. The first kappa shape index (κ1) is 21.5. The molecule has 10 heteroatoms. The third-order valence-electron chi connectivity index (χ3n) is 3.57. The zero-order chi connectivity index (χ0) is 16.0. The van der Waals surface area contributed by atoms with Crippen molar-refractivity contribution in [1.29, 1.82) is 0 Å². The van der Waals surface area contributed by atoms with Crippen molar-refractivity contribution < 1.29 is 22.0 Å². The van der Waals surface area contributed by atoms with Gasteiger partial charge in [0.2, 0.25) is 5.91 Å². The van der Waals surface area contributed by atoms with Gasteiger partial charge in [0.25, 0.3) is 10.0 Å². The maximum Gasteiger partial charge on any atom is 0.350 e. The second-order valence-electron chi connectivity index (χ2n) is 5.47. The molecular weight excluding hydrogens is 340 g/mol. The van der Waals surface area contributed by atoms with Gasteiger partial charge in [-0.15, -0.1) is 12.4 Å². The number of alkyl halides is 2. The number of carbonyl (C=O) groups excluding carboxylic acids is 1. The summed E-state index contributed by atoms with van der Waals surface area (Å²) in [6.45, 7) is 2.42.